The third kappa shape index (κ3) is 3.46. The lowest BCUT2D eigenvalue weighted by atomic mass is 10.0. The summed E-state index contributed by atoms with van der Waals surface area (Å²) in [7, 11) is 1.23. The van der Waals surface area contributed by atoms with Gasteiger partial charge in [-0.1, -0.05) is 23.2 Å². The van der Waals surface area contributed by atoms with Crippen molar-refractivity contribution in [3.63, 3.8) is 0 Å². The fourth-order valence-corrected chi connectivity index (χ4v) is 2.39. The summed E-state index contributed by atoms with van der Waals surface area (Å²) < 4.78 is 4.61. The summed E-state index contributed by atoms with van der Waals surface area (Å²) in [4.78, 5) is 35.6. The van der Waals surface area contributed by atoms with Crippen LogP contribution in [-0.2, 0) is 14.3 Å². The van der Waals surface area contributed by atoms with E-state index >= 15 is 0 Å². The highest BCUT2D eigenvalue weighted by molar-refractivity contribution is 6.35. The van der Waals surface area contributed by atoms with Crippen LogP contribution in [-0.4, -0.2) is 36.4 Å². The number of amides is 2. The molecule has 1 saturated heterocycles. The Labute approximate surface area is 130 Å². The van der Waals surface area contributed by atoms with Crippen LogP contribution in [0.2, 0.25) is 10.0 Å². The van der Waals surface area contributed by atoms with E-state index in [0.29, 0.717) is 5.02 Å². The van der Waals surface area contributed by atoms with E-state index in [9.17, 15) is 14.4 Å². The van der Waals surface area contributed by atoms with Crippen molar-refractivity contribution >= 4 is 41.0 Å². The van der Waals surface area contributed by atoms with Gasteiger partial charge in [-0.25, -0.2) is 5.01 Å². The van der Waals surface area contributed by atoms with Crippen LogP contribution < -0.4 is 5.43 Å². The van der Waals surface area contributed by atoms with E-state index in [1.165, 1.54) is 19.2 Å². The number of halogens is 2. The van der Waals surface area contributed by atoms with Crippen molar-refractivity contribution in [3.8, 4) is 0 Å². The van der Waals surface area contributed by atoms with E-state index in [1.807, 2.05) is 0 Å². The Hall–Kier alpha value is -1.79. The molecular formula is C13H12Cl2N2O4. The molecular weight excluding hydrogens is 319 g/mol. The average Bonchev–Trinajstić information content (AvgIpc) is 2.47. The zero-order valence-corrected chi connectivity index (χ0v) is 12.6. The number of nitrogens with zero attached hydrogens (tertiary/aromatic N) is 1. The molecule has 0 bridgehead atoms. The van der Waals surface area contributed by atoms with Gasteiger partial charge in [0, 0.05) is 11.4 Å². The number of esters is 1. The van der Waals surface area contributed by atoms with Crippen LogP contribution in [0.4, 0.5) is 0 Å². The lowest BCUT2D eigenvalue weighted by molar-refractivity contribution is -0.151. The number of benzene rings is 1. The van der Waals surface area contributed by atoms with Crippen molar-refractivity contribution in [3.05, 3.63) is 33.8 Å². The van der Waals surface area contributed by atoms with Gasteiger partial charge in [0.25, 0.3) is 5.91 Å². The van der Waals surface area contributed by atoms with Crippen LogP contribution >= 0.6 is 23.2 Å². The molecule has 2 rings (SSSR count). The minimum Gasteiger partial charge on any atom is -0.469 e. The molecule has 1 aliphatic rings. The second-order valence-corrected chi connectivity index (χ2v) is 5.34. The maximum absolute atomic E-state index is 12.4. The molecule has 0 spiro atoms. The monoisotopic (exact) mass is 330 g/mol. The normalized spacial score (nSPS) is 18.1. The molecule has 1 N–H and O–H groups in total. The number of nitrogens with one attached hydrogen (secondary N) is 1. The van der Waals surface area contributed by atoms with Gasteiger partial charge in [0.15, 0.2) is 0 Å². The molecule has 1 fully saturated rings. The number of methoxy groups -OCH3 is 1. The van der Waals surface area contributed by atoms with Crippen molar-refractivity contribution in [1.29, 1.82) is 0 Å². The fraction of sp³-hybridized carbons (Fsp3) is 0.308. The third-order valence-corrected chi connectivity index (χ3v) is 3.60. The maximum atomic E-state index is 12.4. The van der Waals surface area contributed by atoms with Gasteiger partial charge in [0.05, 0.1) is 30.2 Å². The number of rotatable bonds is 2. The summed E-state index contributed by atoms with van der Waals surface area (Å²) in [6, 6.07) is 4.44. The second-order valence-electron chi connectivity index (χ2n) is 4.50. The van der Waals surface area contributed by atoms with Crippen LogP contribution in [0.3, 0.4) is 0 Å². The van der Waals surface area contributed by atoms with Gasteiger partial charge >= 0.3 is 5.97 Å². The fourth-order valence-electron chi connectivity index (χ4n) is 2.02. The van der Waals surface area contributed by atoms with Gasteiger partial charge in [0.2, 0.25) is 5.91 Å². The number of carbonyl (C=O) groups excluding carboxylic acids is 3. The van der Waals surface area contributed by atoms with Crippen molar-refractivity contribution in [2.75, 3.05) is 13.7 Å². The van der Waals surface area contributed by atoms with Gasteiger partial charge < -0.3 is 4.74 Å². The number of hydrogen-bond acceptors (Lipinski definition) is 4. The van der Waals surface area contributed by atoms with Crippen molar-refractivity contribution in [2.24, 2.45) is 5.92 Å². The van der Waals surface area contributed by atoms with Crippen LogP contribution in [0.1, 0.15) is 16.8 Å². The van der Waals surface area contributed by atoms with Gasteiger partial charge in [0.1, 0.15) is 0 Å². The number of ether oxygens (including phenoxy) is 1. The summed E-state index contributed by atoms with van der Waals surface area (Å²) in [6.07, 6.45) is -0.0280. The SMILES string of the molecule is COC(=O)C1CC(=O)NN(C(=O)c2cc(Cl)ccc2Cl)C1. The van der Waals surface area contributed by atoms with E-state index < -0.39 is 23.7 Å². The van der Waals surface area contributed by atoms with E-state index in [0.717, 1.165) is 5.01 Å². The summed E-state index contributed by atoms with van der Waals surface area (Å²) >= 11 is 11.8. The molecule has 0 aliphatic carbocycles. The minimum atomic E-state index is -0.703. The third-order valence-electron chi connectivity index (χ3n) is 3.03. The van der Waals surface area contributed by atoms with Gasteiger partial charge in [-0.2, -0.15) is 0 Å². The van der Waals surface area contributed by atoms with Crippen molar-refractivity contribution in [2.45, 2.75) is 6.42 Å². The highest BCUT2D eigenvalue weighted by Gasteiger charge is 2.34. The smallest absolute Gasteiger partial charge is 0.311 e. The Balaban J connectivity index is 2.23. The van der Waals surface area contributed by atoms with E-state index in [1.54, 1.807) is 6.07 Å². The quantitative estimate of drug-likeness (QED) is 0.837. The van der Waals surface area contributed by atoms with E-state index in [-0.39, 0.29) is 23.6 Å². The van der Waals surface area contributed by atoms with Crippen molar-refractivity contribution in [1.82, 2.24) is 10.4 Å². The molecule has 2 amide bonds. The summed E-state index contributed by atoms with van der Waals surface area (Å²) in [5.74, 6) is -2.22. The Bertz CT molecular complexity index is 606. The zero-order valence-electron chi connectivity index (χ0n) is 11.1. The molecule has 1 atom stereocenters. The molecule has 0 saturated carbocycles. The predicted molar refractivity (Wildman–Crippen MR) is 75.8 cm³/mol. The summed E-state index contributed by atoms with van der Waals surface area (Å²) in [6.45, 7) is 0.0140. The molecule has 112 valence electrons. The second kappa shape index (κ2) is 6.32. The molecule has 1 heterocycles. The molecule has 1 aromatic rings. The number of hydrazine groups is 1. The minimum absolute atomic E-state index is 0.0140. The molecule has 8 heteroatoms. The Morgan fingerprint density at radius 1 is 1.38 bits per heavy atom. The largest absolute Gasteiger partial charge is 0.469 e. The highest BCUT2D eigenvalue weighted by Crippen LogP contribution is 2.23. The first kappa shape index (κ1) is 15.6. The van der Waals surface area contributed by atoms with Crippen LogP contribution in [0.25, 0.3) is 0 Å². The lowest BCUT2D eigenvalue weighted by Crippen LogP contribution is -2.54. The van der Waals surface area contributed by atoms with E-state index in [2.05, 4.69) is 10.2 Å². The standard InChI is InChI=1S/C13H12Cl2N2O4/c1-21-13(20)7-4-11(18)16-17(6-7)12(19)9-5-8(14)2-3-10(9)15/h2-3,5,7H,4,6H2,1H3,(H,16,18). The average molecular weight is 331 g/mol. The molecule has 21 heavy (non-hydrogen) atoms. The Morgan fingerprint density at radius 2 is 2.10 bits per heavy atom. The van der Waals surface area contributed by atoms with E-state index in [4.69, 9.17) is 23.2 Å². The highest BCUT2D eigenvalue weighted by atomic mass is 35.5. The van der Waals surface area contributed by atoms with Crippen LogP contribution in [0, 0.1) is 5.92 Å². The number of hydrogen-bond donors (Lipinski definition) is 1. The molecule has 6 nitrogen and oxygen atoms in total. The first-order chi connectivity index (χ1) is 9.92. The Morgan fingerprint density at radius 3 is 2.76 bits per heavy atom. The first-order valence-electron chi connectivity index (χ1n) is 6.06. The molecule has 1 aromatic carbocycles. The molecule has 1 unspecified atom stereocenters. The van der Waals surface area contributed by atoms with Crippen molar-refractivity contribution < 1.29 is 19.1 Å². The molecule has 0 radical (unpaired) electrons. The lowest BCUT2D eigenvalue weighted by Gasteiger charge is -2.31. The first-order valence-corrected chi connectivity index (χ1v) is 6.82. The van der Waals surface area contributed by atoms with Gasteiger partial charge in [-0.05, 0) is 18.2 Å². The summed E-state index contributed by atoms with van der Waals surface area (Å²) in [5, 5.41) is 1.60. The van der Waals surface area contributed by atoms with Crippen LogP contribution in [0.15, 0.2) is 18.2 Å². The Kier molecular flexibility index (Phi) is 4.69. The number of carbonyl (C=O) groups is 3. The molecule has 1 aliphatic heterocycles. The zero-order chi connectivity index (χ0) is 15.6. The molecule has 0 aromatic heterocycles. The van der Waals surface area contributed by atoms with Crippen LogP contribution in [0.5, 0.6) is 0 Å². The van der Waals surface area contributed by atoms with Gasteiger partial charge in [-0.15, -0.1) is 0 Å². The predicted octanol–water partition coefficient (Wildman–Crippen LogP) is 1.66. The summed E-state index contributed by atoms with van der Waals surface area (Å²) in [5.41, 5.74) is 2.55. The maximum Gasteiger partial charge on any atom is 0.311 e. The van der Waals surface area contributed by atoms with Gasteiger partial charge in [-0.3, -0.25) is 19.8 Å². The topological polar surface area (TPSA) is 75.7 Å².